The summed E-state index contributed by atoms with van der Waals surface area (Å²) in [5.41, 5.74) is 10.3. The van der Waals surface area contributed by atoms with Crippen LogP contribution in [-0.2, 0) is 22.6 Å². The van der Waals surface area contributed by atoms with Gasteiger partial charge in [-0.3, -0.25) is 9.59 Å². The Labute approximate surface area is 224 Å². The monoisotopic (exact) mass is 517 g/mol. The summed E-state index contributed by atoms with van der Waals surface area (Å²) in [6.07, 6.45) is 4.00. The lowest BCUT2D eigenvalue weighted by atomic mass is 9.89. The van der Waals surface area contributed by atoms with Gasteiger partial charge in [0, 0.05) is 32.1 Å². The average molecular weight is 518 g/mol. The van der Waals surface area contributed by atoms with E-state index in [9.17, 15) is 9.59 Å². The highest BCUT2D eigenvalue weighted by atomic mass is 16.2. The molecule has 2 aliphatic heterocycles. The lowest BCUT2D eigenvalue weighted by Crippen LogP contribution is -2.46. The number of nitrogen functional groups attached to an aromatic ring is 1. The van der Waals surface area contributed by atoms with Gasteiger partial charge in [-0.05, 0) is 61.1 Å². The quantitative estimate of drug-likeness (QED) is 0.507. The second-order valence-corrected chi connectivity index (χ2v) is 10.9. The summed E-state index contributed by atoms with van der Waals surface area (Å²) in [6, 6.07) is 7.99. The summed E-state index contributed by atoms with van der Waals surface area (Å²) < 4.78 is 2.35. The highest BCUT2D eigenvalue weighted by Crippen LogP contribution is 2.36. The number of hydrogen-bond acceptors (Lipinski definition) is 6. The van der Waals surface area contributed by atoms with Crippen molar-refractivity contribution in [3.8, 4) is 0 Å². The van der Waals surface area contributed by atoms with Gasteiger partial charge in [0.15, 0.2) is 0 Å². The Balaban J connectivity index is 1.40. The molecule has 1 aromatic carbocycles. The molecule has 2 aliphatic rings. The number of carbonyl (C=O) groups excluding carboxylic acids is 2. The lowest BCUT2D eigenvalue weighted by molar-refractivity contribution is -0.146. The van der Waals surface area contributed by atoms with Crippen molar-refractivity contribution in [3.05, 3.63) is 47.4 Å². The predicted octanol–water partition coefficient (Wildman–Crippen LogP) is 3.95. The van der Waals surface area contributed by atoms with E-state index in [4.69, 9.17) is 10.7 Å². The number of benzene rings is 1. The molecule has 5 rings (SSSR count). The molecule has 2 amide bonds. The molecular weight excluding hydrogens is 478 g/mol. The van der Waals surface area contributed by atoms with Gasteiger partial charge in [-0.1, -0.05) is 33.8 Å². The number of likely N-dealkylation sites (N-methyl/N-ethyl adjacent to an activating group) is 1. The van der Waals surface area contributed by atoms with Crippen molar-refractivity contribution in [2.75, 3.05) is 37.2 Å². The number of pyridine rings is 1. The molecule has 4 heterocycles. The first kappa shape index (κ1) is 26.2. The number of fused-ring (bicyclic) bond motifs is 3. The highest BCUT2D eigenvalue weighted by molar-refractivity contribution is 6.39. The molecule has 0 radical (unpaired) electrons. The van der Waals surface area contributed by atoms with Gasteiger partial charge in [0.25, 0.3) is 0 Å². The molecule has 9 heteroatoms. The third-order valence-corrected chi connectivity index (χ3v) is 8.16. The van der Waals surface area contributed by atoms with Gasteiger partial charge in [0.2, 0.25) is 0 Å². The number of imidazole rings is 1. The van der Waals surface area contributed by atoms with E-state index >= 15 is 0 Å². The predicted molar refractivity (Wildman–Crippen MR) is 150 cm³/mol. The number of nitrogens with one attached hydrogen (secondary N) is 1. The molecule has 1 fully saturated rings. The van der Waals surface area contributed by atoms with Crippen LogP contribution in [0, 0.1) is 5.92 Å². The Morgan fingerprint density at radius 2 is 1.92 bits per heavy atom. The van der Waals surface area contributed by atoms with E-state index in [2.05, 4.69) is 58.7 Å². The molecule has 1 saturated heterocycles. The lowest BCUT2D eigenvalue weighted by Gasteiger charge is -2.38. The van der Waals surface area contributed by atoms with Crippen LogP contribution in [-0.4, -0.2) is 62.3 Å². The van der Waals surface area contributed by atoms with Crippen molar-refractivity contribution < 1.29 is 9.59 Å². The van der Waals surface area contributed by atoms with Gasteiger partial charge in [-0.15, -0.1) is 0 Å². The van der Waals surface area contributed by atoms with Crippen LogP contribution in [0.2, 0.25) is 0 Å². The molecule has 0 saturated carbocycles. The number of nitrogens with two attached hydrogens (primary N) is 1. The van der Waals surface area contributed by atoms with E-state index in [1.165, 1.54) is 6.20 Å². The van der Waals surface area contributed by atoms with E-state index in [-0.39, 0.29) is 6.04 Å². The maximum Gasteiger partial charge on any atom is 0.313 e. The molecule has 202 valence electrons. The molecule has 3 atom stereocenters. The van der Waals surface area contributed by atoms with Crippen LogP contribution in [0.4, 0.5) is 11.5 Å². The Kier molecular flexibility index (Phi) is 7.38. The van der Waals surface area contributed by atoms with Gasteiger partial charge in [-0.25, -0.2) is 9.97 Å². The zero-order valence-electron chi connectivity index (χ0n) is 22.9. The Morgan fingerprint density at radius 1 is 1.11 bits per heavy atom. The van der Waals surface area contributed by atoms with Crippen molar-refractivity contribution in [1.82, 2.24) is 24.3 Å². The van der Waals surface area contributed by atoms with Gasteiger partial charge in [0.1, 0.15) is 11.6 Å². The number of amides is 2. The summed E-state index contributed by atoms with van der Waals surface area (Å²) in [7, 11) is 0. The zero-order chi connectivity index (χ0) is 27.0. The minimum Gasteiger partial charge on any atom is -0.383 e. The Hall–Kier alpha value is -3.46. The summed E-state index contributed by atoms with van der Waals surface area (Å²) in [5, 5.41) is 2.74. The van der Waals surface area contributed by atoms with Crippen molar-refractivity contribution >= 4 is 34.4 Å². The molecule has 0 bridgehead atoms. The van der Waals surface area contributed by atoms with Gasteiger partial charge in [-0.2, -0.15) is 0 Å². The smallest absolute Gasteiger partial charge is 0.313 e. The number of likely N-dealkylation sites (tertiary alicyclic amines) is 1. The standard InChI is InChI=1S/C29H39N7O2/c1-5-20-13-22(15-31-26(20)30)32-28(37)29(38)36-16-18(3)7-9-24(36)21-8-10-25-23(14-21)33-27-19(4)17-34(6-2)11-12-35(25)27/h8,10,13-15,18-19,24H,5-7,9,11-12,16-17H2,1-4H3,(H2,30,31)(H,32,37)/t18-,19?,24+/m0/s1. The Morgan fingerprint density at radius 3 is 2.68 bits per heavy atom. The normalized spacial score (nSPS) is 22.2. The van der Waals surface area contributed by atoms with Crippen LogP contribution in [0.25, 0.3) is 11.0 Å². The number of carbonyl (C=O) groups is 2. The first-order chi connectivity index (χ1) is 18.3. The summed E-state index contributed by atoms with van der Waals surface area (Å²) in [6.45, 7) is 13.1. The van der Waals surface area contributed by atoms with Crippen LogP contribution in [0.3, 0.4) is 0 Å². The van der Waals surface area contributed by atoms with Gasteiger partial charge < -0.3 is 25.4 Å². The molecule has 3 N–H and O–H groups in total. The molecule has 2 aromatic heterocycles. The van der Waals surface area contributed by atoms with Crippen LogP contribution in [0.1, 0.15) is 69.4 Å². The fraction of sp³-hybridized carbons (Fsp3) is 0.517. The van der Waals surface area contributed by atoms with Crippen LogP contribution in [0.5, 0.6) is 0 Å². The van der Waals surface area contributed by atoms with Gasteiger partial charge >= 0.3 is 11.8 Å². The molecule has 0 spiro atoms. The average Bonchev–Trinajstić information content (AvgIpc) is 3.21. The summed E-state index contributed by atoms with van der Waals surface area (Å²) in [5.74, 6) is 1.06. The molecule has 0 aliphatic carbocycles. The largest absolute Gasteiger partial charge is 0.383 e. The third-order valence-electron chi connectivity index (χ3n) is 8.16. The van der Waals surface area contributed by atoms with Crippen molar-refractivity contribution in [2.45, 2.75) is 65.5 Å². The Bertz CT molecular complexity index is 1350. The van der Waals surface area contributed by atoms with E-state index in [0.29, 0.717) is 36.3 Å². The SMILES string of the molecule is CCc1cc(NC(=O)C(=O)N2C[C@@H](C)CC[C@@H]2c2ccc3c(c2)nc2n3CCN(CC)CC2C)cnc1N. The number of nitrogens with zero attached hydrogens (tertiary/aromatic N) is 5. The second-order valence-electron chi connectivity index (χ2n) is 10.9. The fourth-order valence-electron chi connectivity index (χ4n) is 5.98. The first-order valence-electron chi connectivity index (χ1n) is 13.9. The van der Waals surface area contributed by atoms with Gasteiger partial charge in [0.05, 0.1) is 29.0 Å². The molecule has 1 unspecified atom stereocenters. The topological polar surface area (TPSA) is 109 Å². The van der Waals surface area contributed by atoms with E-state index in [0.717, 1.165) is 67.0 Å². The summed E-state index contributed by atoms with van der Waals surface area (Å²) >= 11 is 0. The number of rotatable bonds is 4. The molecular formula is C29H39N7O2. The highest BCUT2D eigenvalue weighted by Gasteiger charge is 2.35. The maximum absolute atomic E-state index is 13.5. The van der Waals surface area contributed by atoms with Crippen molar-refractivity contribution in [2.24, 2.45) is 5.92 Å². The van der Waals surface area contributed by atoms with Crippen molar-refractivity contribution in [1.29, 1.82) is 0 Å². The van der Waals surface area contributed by atoms with Crippen LogP contribution in [0.15, 0.2) is 30.5 Å². The minimum absolute atomic E-state index is 0.167. The molecule has 38 heavy (non-hydrogen) atoms. The maximum atomic E-state index is 13.5. The number of aromatic nitrogens is 3. The summed E-state index contributed by atoms with van der Waals surface area (Å²) in [4.78, 5) is 39.9. The van der Waals surface area contributed by atoms with Crippen molar-refractivity contribution in [3.63, 3.8) is 0 Å². The molecule has 9 nitrogen and oxygen atoms in total. The van der Waals surface area contributed by atoms with Crippen LogP contribution < -0.4 is 11.1 Å². The minimum atomic E-state index is -0.651. The zero-order valence-corrected chi connectivity index (χ0v) is 22.9. The van der Waals surface area contributed by atoms with Crippen LogP contribution >= 0.6 is 0 Å². The second kappa shape index (κ2) is 10.7. The van der Waals surface area contributed by atoms with E-state index < -0.39 is 11.8 Å². The van der Waals surface area contributed by atoms with E-state index in [1.54, 1.807) is 11.0 Å². The third kappa shape index (κ3) is 4.99. The number of hydrogen-bond donors (Lipinski definition) is 2. The first-order valence-corrected chi connectivity index (χ1v) is 13.9. The van der Waals surface area contributed by atoms with E-state index in [1.807, 2.05) is 6.92 Å². The number of piperidine rings is 1. The number of aryl methyl sites for hydroxylation is 1. The fourth-order valence-corrected chi connectivity index (χ4v) is 5.98. The number of anilines is 2. The molecule has 3 aromatic rings.